The van der Waals surface area contributed by atoms with Crippen molar-refractivity contribution in [3.63, 3.8) is 0 Å². The molecule has 2 fully saturated rings. The molecule has 10 heteroatoms. The van der Waals surface area contributed by atoms with Crippen molar-refractivity contribution in [1.29, 1.82) is 0 Å². The molecular weight excluding hydrogens is 477 g/mol. The van der Waals surface area contributed by atoms with Crippen LogP contribution in [0.1, 0.15) is 36.8 Å². The average Bonchev–Trinajstić information content (AvgIpc) is 3.35. The minimum atomic E-state index is -4.78. The van der Waals surface area contributed by atoms with E-state index in [-0.39, 0.29) is 16.6 Å². The Hall–Kier alpha value is -2.26. The molecule has 0 radical (unpaired) electrons. The topological polar surface area (TPSA) is 66.5 Å². The second-order valence-corrected chi connectivity index (χ2v) is 11.1. The number of rotatable bonds is 6. The predicted octanol–water partition coefficient (Wildman–Crippen LogP) is 5.17. The van der Waals surface area contributed by atoms with Crippen LogP contribution in [0.3, 0.4) is 0 Å². The fourth-order valence-electron chi connectivity index (χ4n) is 4.84. The summed E-state index contributed by atoms with van der Waals surface area (Å²) in [4.78, 5) is 12.8. The number of sulfonamides is 1. The molecule has 1 N–H and O–H groups in total. The van der Waals surface area contributed by atoms with Gasteiger partial charge in [0.15, 0.2) is 0 Å². The summed E-state index contributed by atoms with van der Waals surface area (Å²) < 4.78 is 67.9. The second-order valence-electron chi connectivity index (χ2n) is 8.84. The number of fused-ring (bicyclic) bond motifs is 2. The Bertz CT molecular complexity index is 1150. The first-order valence-electron chi connectivity index (χ1n) is 10.7. The first-order chi connectivity index (χ1) is 15.4. The van der Waals surface area contributed by atoms with Crippen LogP contribution in [0.5, 0.6) is 0 Å². The van der Waals surface area contributed by atoms with Crippen molar-refractivity contribution >= 4 is 33.2 Å². The van der Waals surface area contributed by atoms with Gasteiger partial charge in [-0.15, -0.1) is 0 Å². The Morgan fingerprint density at radius 2 is 1.82 bits per heavy atom. The highest BCUT2D eigenvalue weighted by Gasteiger charge is 2.41. The third kappa shape index (κ3) is 4.99. The van der Waals surface area contributed by atoms with Gasteiger partial charge in [0.1, 0.15) is 6.54 Å². The molecule has 0 saturated heterocycles. The van der Waals surface area contributed by atoms with Gasteiger partial charge in [0, 0.05) is 6.04 Å². The van der Waals surface area contributed by atoms with Crippen molar-refractivity contribution in [3.8, 4) is 0 Å². The summed E-state index contributed by atoms with van der Waals surface area (Å²) in [6.45, 7) is 1.15. The molecule has 4 rings (SSSR count). The van der Waals surface area contributed by atoms with Gasteiger partial charge in [-0.25, -0.2) is 8.42 Å². The van der Waals surface area contributed by atoms with Gasteiger partial charge >= 0.3 is 6.18 Å². The highest BCUT2D eigenvalue weighted by molar-refractivity contribution is 7.92. The van der Waals surface area contributed by atoms with E-state index >= 15 is 0 Å². The van der Waals surface area contributed by atoms with Gasteiger partial charge in [0.05, 0.1) is 21.2 Å². The smallest absolute Gasteiger partial charge is 0.352 e. The Morgan fingerprint density at radius 1 is 1.12 bits per heavy atom. The second kappa shape index (κ2) is 8.83. The number of hydrogen-bond acceptors (Lipinski definition) is 3. The third-order valence-electron chi connectivity index (χ3n) is 6.52. The van der Waals surface area contributed by atoms with E-state index in [1.807, 2.05) is 0 Å². The van der Waals surface area contributed by atoms with Crippen LogP contribution in [0.15, 0.2) is 47.4 Å². The summed E-state index contributed by atoms with van der Waals surface area (Å²) in [6, 6.07) is 8.71. The molecule has 2 aromatic carbocycles. The summed E-state index contributed by atoms with van der Waals surface area (Å²) >= 11 is 5.72. The molecule has 5 nitrogen and oxygen atoms in total. The first-order valence-corrected chi connectivity index (χ1v) is 12.5. The molecular formula is C23H24ClF3N2O3S. The number of aryl methyl sites for hydroxylation is 1. The number of hydrogen-bond donors (Lipinski definition) is 1. The molecule has 3 atom stereocenters. The van der Waals surface area contributed by atoms with E-state index in [9.17, 15) is 26.4 Å². The fourth-order valence-corrected chi connectivity index (χ4v) is 6.48. The van der Waals surface area contributed by atoms with Gasteiger partial charge in [-0.2, -0.15) is 13.2 Å². The molecule has 1 amide bonds. The van der Waals surface area contributed by atoms with Crippen LogP contribution in [0.4, 0.5) is 18.9 Å². The monoisotopic (exact) mass is 500 g/mol. The molecule has 2 saturated carbocycles. The van der Waals surface area contributed by atoms with E-state index in [0.29, 0.717) is 22.2 Å². The van der Waals surface area contributed by atoms with Crippen LogP contribution < -0.4 is 9.62 Å². The predicted molar refractivity (Wildman–Crippen MR) is 120 cm³/mol. The van der Waals surface area contributed by atoms with Crippen LogP contribution in [0.25, 0.3) is 0 Å². The number of halogens is 4. The quantitative estimate of drug-likeness (QED) is 0.595. The van der Waals surface area contributed by atoms with Gasteiger partial charge in [0.25, 0.3) is 10.0 Å². The molecule has 2 bridgehead atoms. The SMILES string of the molecule is Cc1ccc(S(=O)(=O)N(CC(=O)N[C@H]2C[C@@H]3CC[C@@H]2C3)c2ccc(Cl)c(C(F)(F)F)c2)cc1. The molecule has 2 aliphatic carbocycles. The van der Waals surface area contributed by atoms with E-state index in [1.165, 1.54) is 18.2 Å². The van der Waals surface area contributed by atoms with Crippen LogP contribution in [0, 0.1) is 18.8 Å². The van der Waals surface area contributed by atoms with Crippen LogP contribution >= 0.6 is 11.6 Å². The van der Waals surface area contributed by atoms with Crippen molar-refractivity contribution in [3.05, 3.63) is 58.6 Å². The van der Waals surface area contributed by atoms with Crippen LogP contribution in [-0.4, -0.2) is 26.9 Å². The van der Waals surface area contributed by atoms with Crippen molar-refractivity contribution in [2.75, 3.05) is 10.8 Å². The zero-order chi connectivity index (χ0) is 24.0. The highest BCUT2D eigenvalue weighted by Crippen LogP contribution is 2.44. The minimum Gasteiger partial charge on any atom is -0.352 e. The first kappa shape index (κ1) is 23.9. The number of amides is 1. The van der Waals surface area contributed by atoms with Gasteiger partial charge in [0.2, 0.25) is 5.91 Å². The summed E-state index contributed by atoms with van der Waals surface area (Å²) in [5, 5.41) is 2.36. The van der Waals surface area contributed by atoms with Gasteiger partial charge in [-0.1, -0.05) is 35.7 Å². The number of alkyl halides is 3. The third-order valence-corrected chi connectivity index (χ3v) is 8.64. The zero-order valence-corrected chi connectivity index (χ0v) is 19.5. The molecule has 0 unspecified atom stereocenters. The fraction of sp³-hybridized carbons (Fsp3) is 0.435. The molecule has 178 valence electrons. The van der Waals surface area contributed by atoms with Crippen LogP contribution in [0.2, 0.25) is 5.02 Å². The molecule has 33 heavy (non-hydrogen) atoms. The number of carbonyl (C=O) groups is 1. The number of benzene rings is 2. The minimum absolute atomic E-state index is 0.0314. The maximum Gasteiger partial charge on any atom is 0.417 e. The lowest BCUT2D eigenvalue weighted by molar-refractivity contribution is -0.137. The highest BCUT2D eigenvalue weighted by atomic mass is 35.5. The van der Waals surface area contributed by atoms with E-state index in [1.54, 1.807) is 19.1 Å². The standard InChI is InChI=1S/C23H24ClF3N2O3S/c1-14-2-7-18(8-3-14)33(31,32)29(17-6-9-20(24)19(12-17)23(25,26)27)13-22(30)28-21-11-15-4-5-16(21)10-15/h2-3,6-9,12,15-16,21H,4-5,10-11,13H2,1H3,(H,28,30)/t15-,16-,21+/m1/s1. The number of carbonyl (C=O) groups excluding carboxylic acids is 1. The van der Waals surface area contributed by atoms with E-state index in [4.69, 9.17) is 11.6 Å². The lowest BCUT2D eigenvalue weighted by atomic mass is 9.95. The Labute approximate surface area is 196 Å². The summed E-state index contributed by atoms with van der Waals surface area (Å²) in [5.41, 5.74) is -0.630. The number of nitrogens with zero attached hydrogens (tertiary/aromatic N) is 1. The largest absolute Gasteiger partial charge is 0.417 e. The maximum absolute atomic E-state index is 13.4. The van der Waals surface area contributed by atoms with Crippen molar-refractivity contribution < 1.29 is 26.4 Å². The average molecular weight is 501 g/mol. The van der Waals surface area contributed by atoms with Crippen LogP contribution in [-0.2, 0) is 21.0 Å². The molecule has 2 aromatic rings. The van der Waals surface area contributed by atoms with E-state index < -0.39 is 39.2 Å². The van der Waals surface area contributed by atoms with Crippen molar-refractivity contribution in [1.82, 2.24) is 5.32 Å². The lowest BCUT2D eigenvalue weighted by Crippen LogP contribution is -2.46. The maximum atomic E-state index is 13.4. The lowest BCUT2D eigenvalue weighted by Gasteiger charge is -2.28. The Kier molecular flexibility index (Phi) is 6.39. The summed E-state index contributed by atoms with van der Waals surface area (Å²) in [6.07, 6.45) is -0.733. The molecule has 0 aliphatic heterocycles. The Morgan fingerprint density at radius 3 is 2.39 bits per heavy atom. The van der Waals surface area contributed by atoms with Crippen molar-refractivity contribution in [2.45, 2.75) is 49.7 Å². The normalized spacial score (nSPS) is 22.4. The summed E-state index contributed by atoms with van der Waals surface area (Å²) in [7, 11) is -4.32. The molecule has 0 heterocycles. The zero-order valence-electron chi connectivity index (χ0n) is 17.9. The van der Waals surface area contributed by atoms with Gasteiger partial charge in [-0.3, -0.25) is 9.10 Å². The number of nitrogens with one attached hydrogen (secondary N) is 1. The molecule has 0 spiro atoms. The van der Waals surface area contributed by atoms with Crippen molar-refractivity contribution in [2.24, 2.45) is 11.8 Å². The van der Waals surface area contributed by atoms with E-state index in [2.05, 4.69) is 5.32 Å². The molecule has 0 aromatic heterocycles. The van der Waals surface area contributed by atoms with Gasteiger partial charge < -0.3 is 5.32 Å². The summed E-state index contributed by atoms with van der Waals surface area (Å²) in [5.74, 6) is 0.388. The molecule has 2 aliphatic rings. The Balaban J connectivity index is 1.68. The van der Waals surface area contributed by atoms with Gasteiger partial charge in [-0.05, 0) is 68.4 Å². The van der Waals surface area contributed by atoms with E-state index in [0.717, 1.165) is 37.3 Å². The number of anilines is 1.